The average Bonchev–Trinajstić information content (AvgIpc) is 1.00. The molecule has 0 aliphatic carbocycles. The van der Waals surface area contributed by atoms with Gasteiger partial charge in [-0.1, -0.05) is 0 Å². The first-order chi connectivity index (χ1) is 1.00. The van der Waals surface area contributed by atoms with E-state index in [0.717, 1.165) is 0 Å². The molecule has 4 heavy (non-hydrogen) atoms. The van der Waals surface area contributed by atoms with Crippen molar-refractivity contribution in [2.45, 2.75) is 0 Å². The standard InChI is InChI=1S/Al.Bi.Hf.O.4H. The van der Waals surface area contributed by atoms with Crippen molar-refractivity contribution in [2.75, 3.05) is 0 Å². The van der Waals surface area contributed by atoms with Gasteiger partial charge in [0.25, 0.3) is 0 Å². The van der Waals surface area contributed by atoms with Crippen LogP contribution in [0.2, 0.25) is 0 Å². The Hall–Kier alpha value is 2.09. The molecule has 0 aliphatic heterocycles. The van der Waals surface area contributed by atoms with Crippen molar-refractivity contribution in [1.82, 2.24) is 0 Å². The average molecular weight is 434 g/mol. The molecule has 0 unspecified atom stereocenters. The summed E-state index contributed by atoms with van der Waals surface area (Å²) in [5, 5.41) is 0. The molecule has 0 bridgehead atoms. The predicted molar refractivity (Wildman–Crippen MR) is 17.8 cm³/mol. The first-order valence-electron chi connectivity index (χ1n) is 0.204. The van der Waals surface area contributed by atoms with Gasteiger partial charge in [0.2, 0.25) is 0 Å². The van der Waals surface area contributed by atoms with Gasteiger partial charge in [-0.3, -0.25) is 0 Å². The molecule has 22 valence electrons. The molecular formula is H4AlBiHfO. The minimum absolute atomic E-state index is 0. The fourth-order valence-electron chi connectivity index (χ4n) is 0. The van der Waals surface area contributed by atoms with Crippen LogP contribution in [0.25, 0.3) is 0 Å². The maximum atomic E-state index is 8.39. The number of rotatable bonds is 0. The van der Waals surface area contributed by atoms with Gasteiger partial charge < -0.3 is 0 Å². The zero-order chi connectivity index (χ0) is 2.00. The van der Waals surface area contributed by atoms with Crippen molar-refractivity contribution >= 4 is 42.1 Å². The third-order valence-electron chi connectivity index (χ3n) is 0. The molecule has 4 heteroatoms. The fourth-order valence-corrected chi connectivity index (χ4v) is 0. The molecule has 1 nitrogen and oxygen atoms in total. The summed E-state index contributed by atoms with van der Waals surface area (Å²) in [6.45, 7) is 0. The monoisotopic (exact) mass is 436 g/mol. The summed E-state index contributed by atoms with van der Waals surface area (Å²) in [6.07, 6.45) is 0. The molecule has 0 saturated heterocycles. The van der Waals surface area contributed by atoms with Gasteiger partial charge in [0.1, 0.15) is 0 Å². The summed E-state index contributed by atoms with van der Waals surface area (Å²) in [4.78, 5) is 0. The molecule has 0 heterocycles. The van der Waals surface area contributed by atoms with Crippen LogP contribution >= 0.6 is 0 Å². The van der Waals surface area contributed by atoms with Gasteiger partial charge in [0.15, 0.2) is 17.4 Å². The predicted octanol–water partition coefficient (Wildman–Crippen LogP) is -1.95. The van der Waals surface area contributed by atoms with Gasteiger partial charge in [-0.15, -0.1) is 0 Å². The Kier molecular flexibility index (Phi) is 80.7. The van der Waals surface area contributed by atoms with Gasteiger partial charge in [-0.2, -0.15) is 0 Å². The van der Waals surface area contributed by atoms with Gasteiger partial charge >= 0.3 is 27.5 Å². The van der Waals surface area contributed by atoms with E-state index in [0.29, 0.717) is 0 Å². The van der Waals surface area contributed by atoms with E-state index in [1.165, 1.54) is 0 Å². The third kappa shape index (κ3) is 8.94. The van der Waals surface area contributed by atoms with Crippen molar-refractivity contribution in [1.29, 1.82) is 0 Å². The van der Waals surface area contributed by atoms with Gasteiger partial charge in [-0.25, -0.2) is 0 Å². The van der Waals surface area contributed by atoms with Crippen LogP contribution < -0.4 is 0 Å². The normalized spacial score (nSPS) is 1.00. The summed E-state index contributed by atoms with van der Waals surface area (Å²) in [5.41, 5.74) is 0. The van der Waals surface area contributed by atoms with E-state index in [1.807, 2.05) is 0 Å². The van der Waals surface area contributed by atoms with Crippen LogP contribution in [0, 0.1) is 0 Å². The van der Waals surface area contributed by atoms with E-state index in [2.05, 4.69) is 0 Å². The Bertz CT molecular complexity index is 8.00. The van der Waals surface area contributed by atoms with Crippen molar-refractivity contribution in [3.63, 3.8) is 0 Å². The summed E-state index contributed by atoms with van der Waals surface area (Å²) < 4.78 is 8.39. The second-order valence-electron chi connectivity index (χ2n) is 0. The third-order valence-corrected chi connectivity index (χ3v) is 0. The molecule has 0 aromatic carbocycles. The Morgan fingerprint density at radius 3 is 1.25 bits per heavy atom. The molecule has 0 aromatic rings. The first-order valence-corrected chi connectivity index (χ1v) is 1.79. The second kappa shape index (κ2) is 19.5. The van der Waals surface area contributed by atoms with Crippen LogP contribution in [0.5, 0.6) is 0 Å². The molecule has 0 amide bonds. The van der Waals surface area contributed by atoms with Crippen LogP contribution in [-0.4, -0.2) is 42.1 Å². The minimum atomic E-state index is 0. The van der Waals surface area contributed by atoms with E-state index in [4.69, 9.17) is 2.81 Å². The van der Waals surface area contributed by atoms with Crippen molar-refractivity contribution < 1.29 is 28.7 Å². The van der Waals surface area contributed by atoms with Crippen molar-refractivity contribution in [3.8, 4) is 0 Å². The molecule has 0 aliphatic rings. The molecule has 0 radical (unpaired) electrons. The summed E-state index contributed by atoms with van der Waals surface area (Å²) in [6, 6.07) is 0. The summed E-state index contributed by atoms with van der Waals surface area (Å²) >= 11 is 0.0556. The Balaban J connectivity index is -0.00000000500. The zero-order valence-corrected chi connectivity index (χ0v) is 8.89. The van der Waals surface area contributed by atoms with E-state index < -0.39 is 0 Å². The van der Waals surface area contributed by atoms with E-state index in [9.17, 15) is 0 Å². The molecule has 0 saturated carbocycles. The SMILES string of the molecule is [AlH3].[Hf].[O]=[BiH]. The molecule has 0 fully saturated rings. The van der Waals surface area contributed by atoms with Gasteiger partial charge in [0.05, 0.1) is 0 Å². The summed E-state index contributed by atoms with van der Waals surface area (Å²) in [5.74, 6) is 0. The van der Waals surface area contributed by atoms with E-state index in [-0.39, 0.29) is 67.9 Å². The fraction of sp³-hybridized carbons (Fsp3) is 0. The molecule has 0 rings (SSSR count). The Morgan fingerprint density at radius 2 is 1.25 bits per heavy atom. The number of hydrogen-bond donors (Lipinski definition) is 0. The van der Waals surface area contributed by atoms with Crippen molar-refractivity contribution in [3.05, 3.63) is 0 Å². The Labute approximate surface area is 69.7 Å². The number of hydrogen-bond acceptors (Lipinski definition) is 1. The van der Waals surface area contributed by atoms with Crippen LogP contribution in [0.3, 0.4) is 0 Å². The quantitative estimate of drug-likeness (QED) is 0.405. The molecule has 0 spiro atoms. The molecular weight excluding hydrogens is 430 g/mol. The van der Waals surface area contributed by atoms with Crippen LogP contribution in [-0.2, 0) is 28.7 Å². The first kappa shape index (κ1) is 16.5. The van der Waals surface area contributed by atoms with Crippen molar-refractivity contribution in [2.24, 2.45) is 0 Å². The maximum absolute atomic E-state index is 8.39. The van der Waals surface area contributed by atoms with Crippen LogP contribution in [0.1, 0.15) is 0 Å². The molecule has 0 atom stereocenters. The topological polar surface area (TPSA) is 17.1 Å². The molecule has 0 aromatic heterocycles. The van der Waals surface area contributed by atoms with Gasteiger partial charge in [-0.05, 0) is 0 Å². The van der Waals surface area contributed by atoms with E-state index >= 15 is 0 Å². The molecule has 0 N–H and O–H groups in total. The van der Waals surface area contributed by atoms with Gasteiger partial charge in [0, 0.05) is 25.8 Å². The Morgan fingerprint density at radius 1 is 1.25 bits per heavy atom. The summed E-state index contributed by atoms with van der Waals surface area (Å²) in [7, 11) is 0. The zero-order valence-electron chi connectivity index (χ0n) is 1.41. The van der Waals surface area contributed by atoms with Crippen LogP contribution in [0.4, 0.5) is 0 Å². The second-order valence-corrected chi connectivity index (χ2v) is 0. The van der Waals surface area contributed by atoms with Crippen LogP contribution in [0.15, 0.2) is 0 Å². The van der Waals surface area contributed by atoms with E-state index in [1.54, 1.807) is 0 Å².